The summed E-state index contributed by atoms with van der Waals surface area (Å²) < 4.78 is 5.52. The third kappa shape index (κ3) is 2.88. The zero-order valence-corrected chi connectivity index (χ0v) is 10.6. The number of anilines is 2. The van der Waals surface area contributed by atoms with E-state index in [-0.39, 0.29) is 0 Å². The Balaban J connectivity index is 1.98. The van der Waals surface area contributed by atoms with Crippen molar-refractivity contribution in [2.24, 2.45) is 11.8 Å². The molecule has 1 aliphatic rings. The fourth-order valence-corrected chi connectivity index (χ4v) is 2.29. The molecule has 0 radical (unpaired) electrons. The van der Waals surface area contributed by atoms with Crippen LogP contribution >= 0.6 is 0 Å². The molecule has 0 bridgehead atoms. The zero-order valence-electron chi connectivity index (χ0n) is 10.6. The predicted molar refractivity (Wildman–Crippen MR) is 70.0 cm³/mol. The number of nitrogen functional groups attached to an aromatic ring is 1. The van der Waals surface area contributed by atoms with Gasteiger partial charge in [-0.2, -0.15) is 0 Å². The van der Waals surface area contributed by atoms with E-state index in [4.69, 9.17) is 10.5 Å². The lowest BCUT2D eigenvalue weighted by Crippen LogP contribution is -2.22. The van der Waals surface area contributed by atoms with E-state index in [1.165, 1.54) is 0 Å². The Bertz CT molecular complexity index is 352. The van der Waals surface area contributed by atoms with Crippen LogP contribution in [0.15, 0.2) is 18.3 Å². The molecular formula is C13H21N3O. The average Bonchev–Trinajstić information content (AvgIpc) is 2.69. The van der Waals surface area contributed by atoms with Gasteiger partial charge in [0, 0.05) is 25.6 Å². The van der Waals surface area contributed by atoms with E-state index in [1.54, 1.807) is 6.20 Å². The maximum Gasteiger partial charge on any atom is 0.128 e. The van der Waals surface area contributed by atoms with Crippen molar-refractivity contribution in [1.82, 2.24) is 4.98 Å². The fourth-order valence-electron chi connectivity index (χ4n) is 2.29. The van der Waals surface area contributed by atoms with Crippen molar-refractivity contribution in [2.45, 2.75) is 13.8 Å². The topological polar surface area (TPSA) is 51.4 Å². The molecule has 1 aliphatic heterocycles. The van der Waals surface area contributed by atoms with E-state index in [2.05, 4.69) is 16.8 Å². The summed E-state index contributed by atoms with van der Waals surface area (Å²) in [4.78, 5) is 6.68. The Morgan fingerprint density at radius 3 is 2.94 bits per heavy atom. The van der Waals surface area contributed by atoms with Gasteiger partial charge < -0.3 is 15.4 Å². The summed E-state index contributed by atoms with van der Waals surface area (Å²) >= 11 is 0. The van der Waals surface area contributed by atoms with Gasteiger partial charge in [0.05, 0.1) is 18.5 Å². The summed E-state index contributed by atoms with van der Waals surface area (Å²) in [5, 5.41) is 0. The standard InChI is InChI=1S/C13H21N3O/c1-3-17-9-11-8-16(7-10(11)2)13-5-4-12(14)6-15-13/h4-6,10-11H,3,7-9,14H2,1-2H3/t10-,11-/m1/s1. The number of hydrogen-bond donors (Lipinski definition) is 1. The molecule has 0 aromatic carbocycles. The second kappa shape index (κ2) is 5.36. The number of hydrogen-bond acceptors (Lipinski definition) is 4. The van der Waals surface area contributed by atoms with E-state index in [9.17, 15) is 0 Å². The maximum absolute atomic E-state index is 5.64. The third-order valence-electron chi connectivity index (χ3n) is 3.40. The van der Waals surface area contributed by atoms with Gasteiger partial charge in [-0.25, -0.2) is 4.98 Å². The van der Waals surface area contributed by atoms with Gasteiger partial charge in [0.1, 0.15) is 5.82 Å². The van der Waals surface area contributed by atoms with Gasteiger partial charge in [0.25, 0.3) is 0 Å². The molecule has 0 amide bonds. The minimum atomic E-state index is 0.606. The molecule has 94 valence electrons. The van der Waals surface area contributed by atoms with Crippen LogP contribution in [0.25, 0.3) is 0 Å². The van der Waals surface area contributed by atoms with E-state index >= 15 is 0 Å². The Kier molecular flexibility index (Phi) is 3.84. The first-order valence-electron chi connectivity index (χ1n) is 6.25. The molecule has 0 spiro atoms. The van der Waals surface area contributed by atoms with E-state index in [1.807, 2.05) is 19.1 Å². The summed E-state index contributed by atoms with van der Waals surface area (Å²) in [6, 6.07) is 3.90. The molecule has 2 atom stereocenters. The molecule has 1 fully saturated rings. The highest BCUT2D eigenvalue weighted by Gasteiger charge is 2.30. The van der Waals surface area contributed by atoms with Gasteiger partial charge in [-0.3, -0.25) is 0 Å². The first kappa shape index (κ1) is 12.2. The molecule has 1 aromatic rings. The average molecular weight is 235 g/mol. The van der Waals surface area contributed by atoms with Gasteiger partial charge in [-0.15, -0.1) is 0 Å². The van der Waals surface area contributed by atoms with Crippen molar-refractivity contribution >= 4 is 11.5 Å². The number of aromatic nitrogens is 1. The van der Waals surface area contributed by atoms with Crippen LogP contribution in [0.5, 0.6) is 0 Å². The highest BCUT2D eigenvalue weighted by atomic mass is 16.5. The smallest absolute Gasteiger partial charge is 0.128 e. The van der Waals surface area contributed by atoms with Gasteiger partial charge in [0.2, 0.25) is 0 Å². The highest BCUT2D eigenvalue weighted by Crippen LogP contribution is 2.27. The van der Waals surface area contributed by atoms with Crippen LogP contribution in [-0.2, 0) is 4.74 Å². The van der Waals surface area contributed by atoms with Crippen molar-refractivity contribution in [2.75, 3.05) is 36.9 Å². The lowest BCUT2D eigenvalue weighted by molar-refractivity contribution is 0.104. The van der Waals surface area contributed by atoms with Crippen molar-refractivity contribution in [3.8, 4) is 0 Å². The van der Waals surface area contributed by atoms with Crippen molar-refractivity contribution in [1.29, 1.82) is 0 Å². The SMILES string of the molecule is CCOC[C@H]1CN(c2ccc(N)cn2)C[C@H]1C. The Labute approximate surface area is 103 Å². The summed E-state index contributed by atoms with van der Waals surface area (Å²) in [6.07, 6.45) is 1.72. The fraction of sp³-hybridized carbons (Fsp3) is 0.615. The zero-order chi connectivity index (χ0) is 12.3. The van der Waals surface area contributed by atoms with Crippen molar-refractivity contribution < 1.29 is 4.74 Å². The Morgan fingerprint density at radius 2 is 2.29 bits per heavy atom. The molecule has 2 N–H and O–H groups in total. The minimum absolute atomic E-state index is 0.606. The third-order valence-corrected chi connectivity index (χ3v) is 3.40. The quantitative estimate of drug-likeness (QED) is 0.864. The monoisotopic (exact) mass is 235 g/mol. The molecule has 4 heteroatoms. The Hall–Kier alpha value is -1.29. The molecule has 2 heterocycles. The molecule has 2 rings (SSSR count). The number of pyridine rings is 1. The first-order valence-corrected chi connectivity index (χ1v) is 6.25. The summed E-state index contributed by atoms with van der Waals surface area (Å²) in [5.41, 5.74) is 6.36. The molecule has 0 unspecified atom stereocenters. The number of nitrogens with two attached hydrogens (primary N) is 1. The molecule has 4 nitrogen and oxygen atoms in total. The first-order chi connectivity index (χ1) is 8.20. The van der Waals surface area contributed by atoms with Gasteiger partial charge >= 0.3 is 0 Å². The molecule has 0 aliphatic carbocycles. The Morgan fingerprint density at radius 1 is 1.47 bits per heavy atom. The highest BCUT2D eigenvalue weighted by molar-refractivity contribution is 5.46. The van der Waals surface area contributed by atoms with Crippen molar-refractivity contribution in [3.63, 3.8) is 0 Å². The van der Waals surface area contributed by atoms with Gasteiger partial charge in [0.15, 0.2) is 0 Å². The predicted octanol–water partition coefficient (Wildman–Crippen LogP) is 1.77. The minimum Gasteiger partial charge on any atom is -0.397 e. The second-order valence-corrected chi connectivity index (χ2v) is 4.75. The summed E-state index contributed by atoms with van der Waals surface area (Å²) in [6.45, 7) is 8.04. The maximum atomic E-state index is 5.64. The normalized spacial score (nSPS) is 24.2. The van der Waals surface area contributed by atoms with Crippen LogP contribution in [0.1, 0.15) is 13.8 Å². The molecule has 1 aromatic heterocycles. The van der Waals surface area contributed by atoms with Gasteiger partial charge in [-0.05, 0) is 25.0 Å². The number of nitrogens with zero attached hydrogens (tertiary/aromatic N) is 2. The summed E-state index contributed by atoms with van der Waals surface area (Å²) in [7, 11) is 0. The van der Waals surface area contributed by atoms with Gasteiger partial charge in [-0.1, -0.05) is 6.92 Å². The van der Waals surface area contributed by atoms with Crippen molar-refractivity contribution in [3.05, 3.63) is 18.3 Å². The number of ether oxygens (including phenoxy) is 1. The van der Waals surface area contributed by atoms with E-state index in [0.29, 0.717) is 17.5 Å². The van der Waals surface area contributed by atoms with Crippen LogP contribution in [0.2, 0.25) is 0 Å². The van der Waals surface area contributed by atoms with Crippen LogP contribution in [-0.4, -0.2) is 31.3 Å². The summed E-state index contributed by atoms with van der Waals surface area (Å²) in [5.74, 6) is 2.28. The lowest BCUT2D eigenvalue weighted by Gasteiger charge is -2.17. The lowest BCUT2D eigenvalue weighted by atomic mass is 9.99. The van der Waals surface area contributed by atoms with Crippen LogP contribution in [0, 0.1) is 11.8 Å². The van der Waals surface area contributed by atoms with E-state index < -0.39 is 0 Å². The molecule has 0 saturated carbocycles. The second-order valence-electron chi connectivity index (χ2n) is 4.75. The van der Waals surface area contributed by atoms with Crippen LogP contribution in [0.3, 0.4) is 0 Å². The largest absolute Gasteiger partial charge is 0.397 e. The number of rotatable bonds is 4. The molecule has 1 saturated heterocycles. The molecule has 17 heavy (non-hydrogen) atoms. The van der Waals surface area contributed by atoms with Crippen LogP contribution < -0.4 is 10.6 Å². The molecular weight excluding hydrogens is 214 g/mol. The van der Waals surface area contributed by atoms with E-state index in [0.717, 1.165) is 32.1 Å². The van der Waals surface area contributed by atoms with Crippen LogP contribution in [0.4, 0.5) is 11.5 Å².